The largest absolute Gasteiger partial charge is 0.465 e. The van der Waals surface area contributed by atoms with Crippen LogP contribution in [0, 0.1) is 0 Å². The predicted octanol–water partition coefficient (Wildman–Crippen LogP) is 5.39. The highest BCUT2D eigenvalue weighted by Gasteiger charge is 2.28. The van der Waals surface area contributed by atoms with Crippen molar-refractivity contribution in [1.29, 1.82) is 0 Å². The molecular weight excluding hydrogens is 434 g/mol. The summed E-state index contributed by atoms with van der Waals surface area (Å²) in [6.07, 6.45) is 0. The Morgan fingerprint density at radius 1 is 0.828 bits per heavy atom. The Balaban J connectivity index is 2.22. The lowest BCUT2D eigenvalue weighted by Crippen LogP contribution is -2.15. The van der Waals surface area contributed by atoms with Gasteiger partial charge in [-0.3, -0.25) is 0 Å². The summed E-state index contributed by atoms with van der Waals surface area (Å²) in [5.41, 5.74) is 1.89. The van der Waals surface area contributed by atoms with Crippen LogP contribution in [-0.2, 0) is 9.47 Å². The van der Waals surface area contributed by atoms with Gasteiger partial charge in [-0.1, -0.05) is 58.4 Å². The zero-order valence-electron chi connectivity index (χ0n) is 15.7. The fraction of sp³-hybridized carbons (Fsp3) is 0.0870. The van der Waals surface area contributed by atoms with E-state index in [1.807, 2.05) is 60.7 Å². The molecule has 0 fully saturated rings. The van der Waals surface area contributed by atoms with Crippen molar-refractivity contribution in [3.8, 4) is 11.3 Å². The van der Waals surface area contributed by atoms with Crippen molar-refractivity contribution in [1.82, 2.24) is 4.98 Å². The molecule has 4 aromatic rings. The van der Waals surface area contributed by atoms with Gasteiger partial charge in [0, 0.05) is 15.4 Å². The summed E-state index contributed by atoms with van der Waals surface area (Å²) < 4.78 is 11.0. The number of fused-ring (bicyclic) bond motifs is 3. The zero-order valence-corrected chi connectivity index (χ0v) is 17.3. The van der Waals surface area contributed by atoms with Crippen LogP contribution >= 0.6 is 15.9 Å². The number of methoxy groups -OCH3 is 2. The molecule has 0 atom stereocenters. The van der Waals surface area contributed by atoms with E-state index in [1.165, 1.54) is 14.2 Å². The molecule has 4 rings (SSSR count). The summed E-state index contributed by atoms with van der Waals surface area (Å²) in [4.78, 5) is 30.4. The number of carbonyl (C=O) groups is 2. The minimum atomic E-state index is -0.648. The lowest BCUT2D eigenvalue weighted by atomic mass is 9.93. The molecule has 1 aromatic heterocycles. The Bertz CT molecular complexity index is 1270. The van der Waals surface area contributed by atoms with E-state index in [0.29, 0.717) is 22.2 Å². The number of aromatic nitrogens is 1. The number of nitrogens with zero attached hydrogens (tertiary/aromatic N) is 1. The Morgan fingerprint density at radius 3 is 2.17 bits per heavy atom. The number of rotatable bonds is 3. The van der Waals surface area contributed by atoms with Gasteiger partial charge in [-0.25, -0.2) is 14.6 Å². The molecule has 6 heteroatoms. The van der Waals surface area contributed by atoms with Crippen molar-refractivity contribution in [3.05, 3.63) is 76.3 Å². The van der Waals surface area contributed by atoms with E-state index in [-0.39, 0.29) is 11.1 Å². The third kappa shape index (κ3) is 3.25. The van der Waals surface area contributed by atoms with Gasteiger partial charge in [0.1, 0.15) is 5.56 Å². The molecule has 0 aliphatic heterocycles. The van der Waals surface area contributed by atoms with Crippen LogP contribution in [-0.4, -0.2) is 31.1 Å². The average Bonchev–Trinajstić information content (AvgIpc) is 2.77. The second-order valence-corrected chi connectivity index (χ2v) is 7.30. The van der Waals surface area contributed by atoms with Crippen molar-refractivity contribution < 1.29 is 19.1 Å². The summed E-state index contributed by atoms with van der Waals surface area (Å²) in [6.45, 7) is 0. The van der Waals surface area contributed by atoms with Gasteiger partial charge in [-0.15, -0.1) is 0 Å². The van der Waals surface area contributed by atoms with E-state index >= 15 is 0 Å². The highest BCUT2D eigenvalue weighted by molar-refractivity contribution is 9.10. The van der Waals surface area contributed by atoms with Gasteiger partial charge in [0.05, 0.1) is 31.0 Å². The number of halogens is 1. The monoisotopic (exact) mass is 449 g/mol. The van der Waals surface area contributed by atoms with E-state index in [1.54, 1.807) is 0 Å². The summed E-state index contributed by atoms with van der Waals surface area (Å²) in [5, 5.41) is 2.31. The summed E-state index contributed by atoms with van der Waals surface area (Å²) >= 11 is 3.41. The molecular formula is C23H16BrNO4. The molecule has 0 N–H and O–H groups in total. The first-order chi connectivity index (χ1) is 14.0. The van der Waals surface area contributed by atoms with Gasteiger partial charge in [0.2, 0.25) is 0 Å². The Kier molecular flexibility index (Phi) is 5.03. The first kappa shape index (κ1) is 19.1. The number of hydrogen-bond donors (Lipinski definition) is 0. The molecule has 0 saturated carbocycles. The van der Waals surface area contributed by atoms with Gasteiger partial charge in [0.15, 0.2) is 0 Å². The molecule has 0 aliphatic carbocycles. The molecule has 0 spiro atoms. The molecule has 3 aromatic carbocycles. The molecule has 0 bridgehead atoms. The van der Waals surface area contributed by atoms with Gasteiger partial charge in [-0.05, 0) is 29.0 Å². The van der Waals surface area contributed by atoms with Crippen LogP contribution in [0.5, 0.6) is 0 Å². The molecule has 0 aliphatic rings. The molecule has 29 heavy (non-hydrogen) atoms. The zero-order chi connectivity index (χ0) is 20.5. The van der Waals surface area contributed by atoms with Crippen LogP contribution in [0.2, 0.25) is 0 Å². The molecule has 0 unspecified atom stereocenters. The van der Waals surface area contributed by atoms with Gasteiger partial charge in [-0.2, -0.15) is 0 Å². The number of carbonyl (C=O) groups excluding carboxylic acids is 2. The molecule has 1 heterocycles. The van der Waals surface area contributed by atoms with Crippen LogP contribution in [0.4, 0.5) is 0 Å². The highest BCUT2D eigenvalue weighted by Crippen LogP contribution is 2.35. The van der Waals surface area contributed by atoms with E-state index in [4.69, 9.17) is 14.5 Å². The fourth-order valence-corrected chi connectivity index (χ4v) is 3.72. The average molecular weight is 450 g/mol. The third-order valence-electron chi connectivity index (χ3n) is 4.77. The first-order valence-electron chi connectivity index (χ1n) is 8.83. The Labute approximate surface area is 175 Å². The molecule has 5 nitrogen and oxygen atoms in total. The highest BCUT2D eigenvalue weighted by atomic mass is 79.9. The topological polar surface area (TPSA) is 65.5 Å². The normalized spacial score (nSPS) is 10.9. The second kappa shape index (κ2) is 7.64. The van der Waals surface area contributed by atoms with Gasteiger partial charge in [0.25, 0.3) is 0 Å². The number of benzene rings is 3. The van der Waals surface area contributed by atoms with Crippen LogP contribution in [0.1, 0.15) is 20.7 Å². The van der Waals surface area contributed by atoms with Crippen LogP contribution in [0.25, 0.3) is 32.9 Å². The number of pyridine rings is 1. The molecule has 0 radical (unpaired) electrons. The lowest BCUT2D eigenvalue weighted by Gasteiger charge is -2.16. The SMILES string of the molecule is COC(=O)c1c(-c2ccc(Br)cc2)nc2ccc3ccccc3c2c1C(=O)OC. The number of ether oxygens (including phenoxy) is 2. The number of hydrogen-bond acceptors (Lipinski definition) is 5. The first-order valence-corrected chi connectivity index (χ1v) is 9.62. The quantitative estimate of drug-likeness (QED) is 0.309. The van der Waals surface area contributed by atoms with Crippen molar-refractivity contribution in [3.63, 3.8) is 0 Å². The smallest absolute Gasteiger partial charge is 0.340 e. The van der Waals surface area contributed by atoms with E-state index in [9.17, 15) is 9.59 Å². The van der Waals surface area contributed by atoms with Crippen molar-refractivity contribution >= 4 is 49.5 Å². The molecule has 0 amide bonds. The molecule has 144 valence electrons. The Morgan fingerprint density at radius 2 is 1.48 bits per heavy atom. The van der Waals surface area contributed by atoms with Crippen LogP contribution in [0.3, 0.4) is 0 Å². The lowest BCUT2D eigenvalue weighted by molar-refractivity contribution is 0.0557. The second-order valence-electron chi connectivity index (χ2n) is 6.38. The van der Waals surface area contributed by atoms with Gasteiger partial charge >= 0.3 is 11.9 Å². The van der Waals surface area contributed by atoms with Crippen molar-refractivity contribution in [2.24, 2.45) is 0 Å². The van der Waals surface area contributed by atoms with E-state index < -0.39 is 11.9 Å². The number of esters is 2. The van der Waals surface area contributed by atoms with E-state index in [0.717, 1.165) is 15.2 Å². The summed E-state index contributed by atoms with van der Waals surface area (Å²) in [5.74, 6) is -1.27. The van der Waals surface area contributed by atoms with Crippen LogP contribution < -0.4 is 0 Å². The third-order valence-corrected chi connectivity index (χ3v) is 5.30. The van der Waals surface area contributed by atoms with E-state index in [2.05, 4.69) is 15.9 Å². The molecule has 0 saturated heterocycles. The minimum Gasteiger partial charge on any atom is -0.465 e. The summed E-state index contributed by atoms with van der Waals surface area (Å²) in [7, 11) is 2.57. The maximum absolute atomic E-state index is 12.9. The van der Waals surface area contributed by atoms with Crippen molar-refractivity contribution in [2.45, 2.75) is 0 Å². The van der Waals surface area contributed by atoms with Crippen LogP contribution in [0.15, 0.2) is 65.1 Å². The Hall–Kier alpha value is -3.25. The standard InChI is InChI=1S/C23H16BrNO4/c1-28-22(26)19-18-16-6-4-3-5-13(16)9-12-17(18)25-21(20(19)23(27)29-2)14-7-10-15(24)11-8-14/h3-12H,1-2H3. The van der Waals surface area contributed by atoms with Gasteiger partial charge < -0.3 is 9.47 Å². The predicted molar refractivity (Wildman–Crippen MR) is 115 cm³/mol. The fourth-order valence-electron chi connectivity index (χ4n) is 3.46. The minimum absolute atomic E-state index is 0.0884. The summed E-state index contributed by atoms with van der Waals surface area (Å²) in [6, 6.07) is 18.8. The van der Waals surface area contributed by atoms with Crippen molar-refractivity contribution in [2.75, 3.05) is 14.2 Å². The maximum Gasteiger partial charge on any atom is 0.340 e. The maximum atomic E-state index is 12.9.